The van der Waals surface area contributed by atoms with Gasteiger partial charge in [0.1, 0.15) is 41.5 Å². The maximum absolute atomic E-state index is 14.0. The molecule has 0 spiro atoms. The maximum atomic E-state index is 14.0. The minimum absolute atomic E-state index is 0.0410. The first-order chi connectivity index (χ1) is 22.1. The van der Waals surface area contributed by atoms with E-state index in [0.29, 0.717) is 0 Å². The molecule has 8 N–H and O–H groups in total. The number of carbonyl (C=O) groups is 1. The lowest BCUT2D eigenvalue weighted by Gasteiger charge is -2.40. The Kier molecular flexibility index (Phi) is 9.43. The number of aliphatic hydroxyl groups is 5. The quantitative estimate of drug-likeness (QED) is 0.117. The number of rotatable bonds is 7. The Balaban J connectivity index is 1.64. The van der Waals surface area contributed by atoms with Crippen molar-refractivity contribution in [2.45, 2.75) is 82.2 Å². The van der Waals surface area contributed by atoms with E-state index < -0.39 is 113 Å². The molecule has 2 aliphatic heterocycles. The zero-order chi connectivity index (χ0) is 34.5. The summed E-state index contributed by atoms with van der Waals surface area (Å²) in [6, 6.07) is 4.46. The molecule has 1 aromatic heterocycles. The number of aliphatic hydroxyl groups excluding tert-OH is 5. The Morgan fingerprint density at radius 3 is 2.06 bits per heavy atom. The van der Waals surface area contributed by atoms with Crippen LogP contribution in [0.5, 0.6) is 34.5 Å². The number of carbonyl (C=O) groups excluding carboxylic acids is 1. The summed E-state index contributed by atoms with van der Waals surface area (Å²) in [5, 5.41) is 82.9. The number of aromatic hydroxyl groups is 3. The molecule has 17 nitrogen and oxygen atoms in total. The van der Waals surface area contributed by atoms with Crippen molar-refractivity contribution in [1.82, 2.24) is 0 Å². The van der Waals surface area contributed by atoms with E-state index in [1.165, 1.54) is 19.9 Å². The number of hydrogen-bond acceptors (Lipinski definition) is 17. The summed E-state index contributed by atoms with van der Waals surface area (Å²) in [4.78, 5) is 25.5. The second-order valence-electron chi connectivity index (χ2n) is 11.1. The van der Waals surface area contributed by atoms with Gasteiger partial charge in [-0.25, -0.2) is 0 Å². The summed E-state index contributed by atoms with van der Waals surface area (Å²) < 4.78 is 38.9. The van der Waals surface area contributed by atoms with E-state index in [1.54, 1.807) is 0 Å². The molecule has 10 unspecified atom stereocenters. The highest BCUT2D eigenvalue weighted by Gasteiger charge is 2.47. The lowest BCUT2D eigenvalue weighted by Crippen LogP contribution is -2.59. The van der Waals surface area contributed by atoms with E-state index in [2.05, 4.69) is 0 Å². The third-order valence-electron chi connectivity index (χ3n) is 7.84. The van der Waals surface area contributed by atoms with Gasteiger partial charge in [-0.15, -0.1) is 0 Å². The molecule has 10 atom stereocenters. The van der Waals surface area contributed by atoms with Gasteiger partial charge >= 0.3 is 5.97 Å². The molecular weight excluding hydrogens is 632 g/mol. The molecule has 3 aromatic rings. The Labute approximate surface area is 265 Å². The van der Waals surface area contributed by atoms with Crippen LogP contribution < -0.4 is 19.6 Å². The SMILES string of the molecule is COc1c(OC2OC(C)C(O)C(O)C2O)cc2oc(-c3ccc(O)c(O)c3)c(OC3OC(C)C(OC(C)=O)C(O)C3O)c(=O)c2c1O. The van der Waals surface area contributed by atoms with E-state index in [1.807, 2.05) is 0 Å². The summed E-state index contributed by atoms with van der Waals surface area (Å²) in [7, 11) is 1.13. The summed E-state index contributed by atoms with van der Waals surface area (Å²) in [6.45, 7) is 3.95. The van der Waals surface area contributed by atoms with E-state index in [4.69, 9.17) is 32.8 Å². The van der Waals surface area contributed by atoms with Crippen LogP contribution in [-0.4, -0.2) is 115 Å². The highest BCUT2D eigenvalue weighted by Crippen LogP contribution is 2.46. The molecule has 2 fully saturated rings. The standard InChI is InChI=1S/C30H34O17/c1-9-18(34)21(37)23(39)29(42-9)46-16-8-15-17(19(35)27(16)41-4)20(36)28(26(45-15)12-5-6-13(32)14(33)7-12)47-30-24(40)22(38)25(10(2)43-30)44-11(3)31/h5-10,18,21-25,29-30,32-35,37-40H,1-4H3. The van der Waals surface area contributed by atoms with Gasteiger partial charge in [-0.2, -0.15) is 0 Å². The molecule has 3 heterocycles. The number of phenolic OH excluding ortho intramolecular Hbond substituents is 3. The summed E-state index contributed by atoms with van der Waals surface area (Å²) in [5.41, 5.74) is -1.45. The van der Waals surface area contributed by atoms with Crippen molar-refractivity contribution < 1.29 is 78.5 Å². The van der Waals surface area contributed by atoms with Crippen molar-refractivity contribution >= 4 is 16.9 Å². The average Bonchev–Trinajstić information content (AvgIpc) is 3.01. The maximum Gasteiger partial charge on any atom is 0.303 e. The van der Waals surface area contributed by atoms with Crippen LogP contribution in [0.25, 0.3) is 22.3 Å². The van der Waals surface area contributed by atoms with Gasteiger partial charge < -0.3 is 73.7 Å². The van der Waals surface area contributed by atoms with E-state index in [9.17, 15) is 50.4 Å². The third-order valence-corrected chi connectivity index (χ3v) is 7.84. The van der Waals surface area contributed by atoms with E-state index >= 15 is 0 Å². The molecule has 5 rings (SSSR count). The number of methoxy groups -OCH3 is 1. The van der Waals surface area contributed by atoms with Gasteiger partial charge in [-0.1, -0.05) is 0 Å². The lowest BCUT2D eigenvalue weighted by molar-refractivity contribution is -0.272. The van der Waals surface area contributed by atoms with Crippen LogP contribution in [0.15, 0.2) is 33.5 Å². The molecule has 2 aromatic carbocycles. The second kappa shape index (κ2) is 13.0. The van der Waals surface area contributed by atoms with Gasteiger partial charge in [0.2, 0.25) is 29.5 Å². The van der Waals surface area contributed by atoms with Crippen LogP contribution in [0.1, 0.15) is 20.8 Å². The van der Waals surface area contributed by atoms with Crippen LogP contribution >= 0.6 is 0 Å². The van der Waals surface area contributed by atoms with Gasteiger partial charge in [0, 0.05) is 18.6 Å². The second-order valence-corrected chi connectivity index (χ2v) is 11.1. The molecule has 256 valence electrons. The van der Waals surface area contributed by atoms with Crippen LogP contribution in [0.4, 0.5) is 0 Å². The van der Waals surface area contributed by atoms with E-state index in [0.717, 1.165) is 32.2 Å². The lowest BCUT2D eigenvalue weighted by atomic mass is 9.99. The van der Waals surface area contributed by atoms with Crippen molar-refractivity contribution in [3.63, 3.8) is 0 Å². The zero-order valence-corrected chi connectivity index (χ0v) is 25.3. The molecule has 0 saturated carbocycles. The molecule has 17 heteroatoms. The van der Waals surface area contributed by atoms with Crippen molar-refractivity contribution in [2.24, 2.45) is 0 Å². The van der Waals surface area contributed by atoms with Crippen LogP contribution in [0, 0.1) is 0 Å². The number of esters is 1. The van der Waals surface area contributed by atoms with E-state index in [-0.39, 0.29) is 16.9 Å². The monoisotopic (exact) mass is 666 g/mol. The topological polar surface area (TPSA) is 264 Å². The highest BCUT2D eigenvalue weighted by atomic mass is 16.7. The minimum atomic E-state index is -1.87. The average molecular weight is 667 g/mol. The van der Waals surface area contributed by atoms with Crippen LogP contribution in [0.2, 0.25) is 0 Å². The fraction of sp³-hybridized carbons (Fsp3) is 0.467. The number of hydrogen-bond donors (Lipinski definition) is 8. The molecule has 0 amide bonds. The normalized spacial score (nSPS) is 30.9. The van der Waals surface area contributed by atoms with Gasteiger partial charge in [0.15, 0.2) is 34.9 Å². The van der Waals surface area contributed by atoms with Crippen molar-refractivity contribution in [3.05, 3.63) is 34.5 Å². The molecule has 0 bridgehead atoms. The van der Waals surface area contributed by atoms with Gasteiger partial charge in [-0.3, -0.25) is 9.59 Å². The smallest absolute Gasteiger partial charge is 0.303 e. The van der Waals surface area contributed by atoms with Crippen LogP contribution in [-0.2, 0) is 19.0 Å². The van der Waals surface area contributed by atoms with Crippen LogP contribution in [0.3, 0.4) is 0 Å². The number of fused-ring (bicyclic) bond motifs is 1. The number of benzene rings is 2. The Bertz CT molecular complexity index is 1700. The van der Waals surface area contributed by atoms with Crippen molar-refractivity contribution in [3.8, 4) is 45.8 Å². The Morgan fingerprint density at radius 1 is 0.787 bits per heavy atom. The first kappa shape index (κ1) is 34.0. The highest BCUT2D eigenvalue weighted by molar-refractivity contribution is 5.91. The number of ether oxygens (including phenoxy) is 6. The zero-order valence-electron chi connectivity index (χ0n) is 25.3. The molecule has 2 saturated heterocycles. The summed E-state index contributed by atoms with van der Waals surface area (Å²) >= 11 is 0. The predicted octanol–water partition coefficient (Wildman–Crippen LogP) is -0.431. The largest absolute Gasteiger partial charge is 0.504 e. The Morgan fingerprint density at radius 2 is 1.43 bits per heavy atom. The molecule has 2 aliphatic rings. The summed E-state index contributed by atoms with van der Waals surface area (Å²) in [5.74, 6) is -4.55. The molecule has 0 aliphatic carbocycles. The van der Waals surface area contributed by atoms with Crippen molar-refractivity contribution in [1.29, 1.82) is 0 Å². The fourth-order valence-corrected chi connectivity index (χ4v) is 5.33. The predicted molar refractivity (Wildman–Crippen MR) is 155 cm³/mol. The molecule has 47 heavy (non-hydrogen) atoms. The van der Waals surface area contributed by atoms with Gasteiger partial charge in [-0.05, 0) is 32.0 Å². The van der Waals surface area contributed by atoms with Gasteiger partial charge in [0.25, 0.3) is 0 Å². The first-order valence-corrected chi connectivity index (χ1v) is 14.3. The molecule has 0 radical (unpaired) electrons. The van der Waals surface area contributed by atoms with Gasteiger partial charge in [0.05, 0.1) is 19.3 Å². The van der Waals surface area contributed by atoms with Crippen molar-refractivity contribution in [2.75, 3.05) is 7.11 Å². The number of phenols is 3. The Hall–Kier alpha value is -4.36. The fourth-order valence-electron chi connectivity index (χ4n) is 5.33. The minimum Gasteiger partial charge on any atom is -0.504 e. The molecular formula is C30H34O17. The summed E-state index contributed by atoms with van der Waals surface area (Å²) in [6.07, 6.45) is -15.0. The first-order valence-electron chi connectivity index (χ1n) is 14.3. The third kappa shape index (κ3) is 6.21.